The van der Waals surface area contributed by atoms with Gasteiger partial charge in [0.15, 0.2) is 0 Å². The molecule has 23 heavy (non-hydrogen) atoms. The molecule has 0 radical (unpaired) electrons. The quantitative estimate of drug-likeness (QED) is 0.801. The summed E-state index contributed by atoms with van der Waals surface area (Å²) < 4.78 is 5.79. The highest BCUT2D eigenvalue weighted by Gasteiger charge is 2.43. The number of nitrogens with zero attached hydrogens (tertiary/aromatic N) is 2. The van der Waals surface area contributed by atoms with Gasteiger partial charge in [0.05, 0.1) is 0 Å². The second-order valence-corrected chi connectivity index (χ2v) is 4.82. The maximum atomic E-state index is 9.62. The van der Waals surface area contributed by atoms with Crippen molar-refractivity contribution in [2.45, 2.75) is 11.2 Å². The number of ether oxygens (including phenoxy) is 1. The van der Waals surface area contributed by atoms with Crippen molar-refractivity contribution in [2.24, 2.45) is 0 Å². The summed E-state index contributed by atoms with van der Waals surface area (Å²) in [6.07, 6.45) is 1.70. The minimum atomic E-state index is -1.76. The van der Waals surface area contributed by atoms with E-state index < -0.39 is 11.2 Å². The molecule has 5 nitrogen and oxygen atoms in total. The maximum absolute atomic E-state index is 9.62. The van der Waals surface area contributed by atoms with Crippen molar-refractivity contribution < 1.29 is 4.74 Å². The van der Waals surface area contributed by atoms with Crippen LogP contribution in [0.4, 0.5) is 0 Å². The smallest absolute Gasteiger partial charge is 0.217 e. The monoisotopic (exact) mass is 302 g/mol. The molecule has 0 aromatic heterocycles. The zero-order valence-corrected chi connectivity index (χ0v) is 12.2. The number of hydrogen-bond donors (Lipinski definition) is 2. The zero-order chi connectivity index (χ0) is 16.8. The van der Waals surface area contributed by atoms with Crippen LogP contribution in [0.2, 0.25) is 0 Å². The van der Waals surface area contributed by atoms with Gasteiger partial charge in [-0.2, -0.15) is 10.5 Å². The fourth-order valence-electron chi connectivity index (χ4n) is 2.21. The van der Waals surface area contributed by atoms with Gasteiger partial charge in [-0.3, -0.25) is 0 Å². The summed E-state index contributed by atoms with van der Waals surface area (Å²) in [6, 6.07) is 20.9. The predicted octanol–water partition coefficient (Wildman–Crippen LogP) is 3.14. The van der Waals surface area contributed by atoms with Crippen LogP contribution in [0.1, 0.15) is 11.1 Å². The van der Waals surface area contributed by atoms with E-state index >= 15 is 0 Å². The fourth-order valence-corrected chi connectivity index (χ4v) is 2.21. The van der Waals surface area contributed by atoms with Crippen molar-refractivity contribution in [1.29, 1.82) is 21.3 Å². The molecule has 0 amide bonds. The highest BCUT2D eigenvalue weighted by atomic mass is 16.5. The first-order valence-electron chi connectivity index (χ1n) is 6.83. The highest BCUT2D eigenvalue weighted by molar-refractivity contribution is 5.77. The standard InChI is InChI=1S/C18H14N4O/c19-11-17(12-20,15-7-3-1-4-8-15)23-18(13-21,14-22)16-9-5-2-6-10-16/h1-11,13,19,21H. The van der Waals surface area contributed by atoms with E-state index in [2.05, 4.69) is 0 Å². The van der Waals surface area contributed by atoms with Crippen molar-refractivity contribution in [3.63, 3.8) is 0 Å². The predicted molar refractivity (Wildman–Crippen MR) is 86.1 cm³/mol. The largest absolute Gasteiger partial charge is 0.320 e. The molecule has 0 saturated heterocycles. The molecule has 0 aliphatic heterocycles. The van der Waals surface area contributed by atoms with Gasteiger partial charge in [0.25, 0.3) is 0 Å². The molecule has 2 unspecified atom stereocenters. The molecule has 2 N–H and O–H groups in total. The lowest BCUT2D eigenvalue weighted by Gasteiger charge is -2.32. The zero-order valence-electron chi connectivity index (χ0n) is 12.2. The summed E-state index contributed by atoms with van der Waals surface area (Å²) in [4.78, 5) is 0. The highest BCUT2D eigenvalue weighted by Crippen LogP contribution is 2.34. The molecule has 0 bridgehead atoms. The second kappa shape index (κ2) is 6.65. The van der Waals surface area contributed by atoms with Gasteiger partial charge in [-0.1, -0.05) is 60.7 Å². The first kappa shape index (κ1) is 16.1. The Kier molecular flexibility index (Phi) is 4.66. The average molecular weight is 302 g/mol. The SMILES string of the molecule is N#CC(C=N)(OC(C#N)(C=N)c1ccccc1)c1ccccc1. The molecule has 0 heterocycles. The van der Waals surface area contributed by atoms with Gasteiger partial charge >= 0.3 is 0 Å². The van der Waals surface area contributed by atoms with Crippen molar-refractivity contribution in [1.82, 2.24) is 0 Å². The Labute approximate surface area is 134 Å². The van der Waals surface area contributed by atoms with Crippen LogP contribution in [0.3, 0.4) is 0 Å². The van der Waals surface area contributed by atoms with Gasteiger partial charge in [-0.25, -0.2) is 0 Å². The Bertz CT molecular complexity index is 709. The van der Waals surface area contributed by atoms with Crippen LogP contribution in [0.15, 0.2) is 60.7 Å². The van der Waals surface area contributed by atoms with Gasteiger partial charge in [0.1, 0.15) is 12.1 Å². The van der Waals surface area contributed by atoms with Crippen LogP contribution in [-0.2, 0) is 15.9 Å². The van der Waals surface area contributed by atoms with Crippen LogP contribution in [-0.4, -0.2) is 12.4 Å². The van der Waals surface area contributed by atoms with Crippen molar-refractivity contribution >= 4 is 12.4 Å². The van der Waals surface area contributed by atoms with E-state index in [0.717, 1.165) is 12.4 Å². The lowest BCUT2D eigenvalue weighted by Crippen LogP contribution is -2.41. The third-order valence-corrected chi connectivity index (χ3v) is 3.47. The molecule has 2 aromatic rings. The molecule has 2 atom stereocenters. The van der Waals surface area contributed by atoms with E-state index in [1.165, 1.54) is 0 Å². The number of nitrogens with one attached hydrogen (secondary N) is 2. The summed E-state index contributed by atoms with van der Waals surface area (Å²) >= 11 is 0. The van der Waals surface area contributed by atoms with Crippen molar-refractivity contribution in [3.8, 4) is 12.1 Å². The third-order valence-electron chi connectivity index (χ3n) is 3.47. The molecule has 112 valence electrons. The van der Waals surface area contributed by atoms with Crippen LogP contribution in [0.5, 0.6) is 0 Å². The van der Waals surface area contributed by atoms with Gasteiger partial charge in [0.2, 0.25) is 11.2 Å². The molecule has 0 saturated carbocycles. The molecule has 2 aromatic carbocycles. The maximum Gasteiger partial charge on any atom is 0.217 e. The van der Waals surface area contributed by atoms with E-state index in [9.17, 15) is 10.5 Å². The Morgan fingerprint density at radius 3 is 1.35 bits per heavy atom. The Balaban J connectivity index is 2.58. The van der Waals surface area contributed by atoms with E-state index in [1.54, 1.807) is 60.7 Å². The van der Waals surface area contributed by atoms with Gasteiger partial charge in [-0.05, 0) is 0 Å². The fraction of sp³-hybridized carbons (Fsp3) is 0.111. The summed E-state index contributed by atoms with van der Waals surface area (Å²) in [5, 5.41) is 34.6. The number of benzene rings is 2. The third kappa shape index (κ3) is 2.87. The van der Waals surface area contributed by atoms with Crippen LogP contribution >= 0.6 is 0 Å². The molecule has 0 aliphatic carbocycles. The van der Waals surface area contributed by atoms with Crippen LogP contribution < -0.4 is 0 Å². The lowest BCUT2D eigenvalue weighted by molar-refractivity contribution is -0.0245. The van der Waals surface area contributed by atoms with Gasteiger partial charge in [-0.15, -0.1) is 0 Å². The van der Waals surface area contributed by atoms with E-state index in [0.29, 0.717) is 11.1 Å². The molecule has 0 fully saturated rings. The van der Waals surface area contributed by atoms with Gasteiger partial charge in [0, 0.05) is 23.6 Å². The first-order valence-corrected chi connectivity index (χ1v) is 6.83. The topological polar surface area (TPSA) is 105 Å². The number of nitriles is 2. The summed E-state index contributed by atoms with van der Waals surface area (Å²) in [7, 11) is 0. The molecular formula is C18H14N4O. The van der Waals surface area contributed by atoms with Gasteiger partial charge < -0.3 is 15.6 Å². The Morgan fingerprint density at radius 1 is 0.739 bits per heavy atom. The molecule has 5 heteroatoms. The Morgan fingerprint density at radius 2 is 1.09 bits per heavy atom. The lowest BCUT2D eigenvalue weighted by atomic mass is 9.91. The van der Waals surface area contributed by atoms with Crippen molar-refractivity contribution in [2.75, 3.05) is 0 Å². The first-order chi connectivity index (χ1) is 11.2. The van der Waals surface area contributed by atoms with Crippen LogP contribution in [0.25, 0.3) is 0 Å². The van der Waals surface area contributed by atoms with E-state index in [-0.39, 0.29) is 0 Å². The second-order valence-electron chi connectivity index (χ2n) is 4.82. The molecule has 0 aliphatic rings. The molecular weight excluding hydrogens is 288 g/mol. The minimum Gasteiger partial charge on any atom is -0.320 e. The normalized spacial score (nSPS) is 15.2. The molecule has 2 rings (SSSR count). The minimum absolute atomic E-state index is 0.426. The number of rotatable bonds is 6. The Hall–Kier alpha value is -3.28. The van der Waals surface area contributed by atoms with E-state index in [4.69, 9.17) is 15.6 Å². The summed E-state index contributed by atoms with van der Waals surface area (Å²) in [5.41, 5.74) is -2.67. The average Bonchev–Trinajstić information content (AvgIpc) is 2.65. The summed E-state index contributed by atoms with van der Waals surface area (Å²) in [6.45, 7) is 0. The molecule has 0 spiro atoms. The van der Waals surface area contributed by atoms with E-state index in [1.807, 2.05) is 12.1 Å². The van der Waals surface area contributed by atoms with Crippen LogP contribution in [0, 0.1) is 33.5 Å². The number of hydrogen-bond acceptors (Lipinski definition) is 5. The summed E-state index contributed by atoms with van der Waals surface area (Å²) in [5.74, 6) is 0. The van der Waals surface area contributed by atoms with Crippen molar-refractivity contribution in [3.05, 3.63) is 71.8 Å².